The lowest BCUT2D eigenvalue weighted by molar-refractivity contribution is 0.0954. The van der Waals surface area contributed by atoms with Crippen molar-refractivity contribution in [2.24, 2.45) is 0 Å². The highest BCUT2D eigenvalue weighted by atomic mass is 35.5. The Morgan fingerprint density at radius 2 is 1.58 bits per heavy atom. The van der Waals surface area contributed by atoms with E-state index in [0.717, 1.165) is 9.87 Å². The van der Waals surface area contributed by atoms with Gasteiger partial charge in [-0.15, -0.1) is 0 Å². The summed E-state index contributed by atoms with van der Waals surface area (Å²) in [6.45, 7) is 0.431. The van der Waals surface area contributed by atoms with Crippen molar-refractivity contribution in [2.75, 3.05) is 32.1 Å². The minimum Gasteiger partial charge on any atom is -0.493 e. The Labute approximate surface area is 198 Å². The van der Waals surface area contributed by atoms with Crippen molar-refractivity contribution >= 4 is 33.2 Å². The van der Waals surface area contributed by atoms with E-state index in [1.165, 1.54) is 31.3 Å². The summed E-state index contributed by atoms with van der Waals surface area (Å²) in [5.74, 6) is 1.04. The third-order valence-electron chi connectivity index (χ3n) is 5.11. The summed E-state index contributed by atoms with van der Waals surface area (Å²) >= 11 is 5.85. The molecule has 0 aromatic heterocycles. The molecule has 0 fully saturated rings. The van der Waals surface area contributed by atoms with E-state index in [9.17, 15) is 13.2 Å². The topological polar surface area (TPSA) is 84.9 Å². The molecule has 3 aromatic rings. The number of hydrogen-bond acceptors (Lipinski definition) is 5. The van der Waals surface area contributed by atoms with E-state index in [1.807, 2.05) is 18.2 Å². The van der Waals surface area contributed by atoms with Crippen LogP contribution in [0.4, 0.5) is 5.69 Å². The van der Waals surface area contributed by atoms with Crippen LogP contribution in [0.2, 0.25) is 5.02 Å². The summed E-state index contributed by atoms with van der Waals surface area (Å²) in [4.78, 5) is 12.6. The zero-order valence-corrected chi connectivity index (χ0v) is 20.1. The molecule has 0 aliphatic rings. The van der Waals surface area contributed by atoms with E-state index in [0.29, 0.717) is 40.7 Å². The minimum atomic E-state index is -3.74. The number of rotatable bonds is 9. The van der Waals surface area contributed by atoms with Gasteiger partial charge in [0.2, 0.25) is 0 Å². The van der Waals surface area contributed by atoms with Crippen molar-refractivity contribution in [1.29, 1.82) is 0 Å². The molecule has 0 radical (unpaired) electrons. The molecular weight excluding hydrogens is 464 g/mol. The number of anilines is 1. The summed E-state index contributed by atoms with van der Waals surface area (Å²) in [5.41, 5.74) is 1.87. The molecule has 1 amide bonds. The van der Waals surface area contributed by atoms with Crippen LogP contribution in [0.5, 0.6) is 11.5 Å². The summed E-state index contributed by atoms with van der Waals surface area (Å²) in [7, 11) is 0.870. The van der Waals surface area contributed by atoms with Crippen molar-refractivity contribution in [1.82, 2.24) is 5.32 Å². The number of hydrogen-bond donors (Lipinski definition) is 1. The van der Waals surface area contributed by atoms with E-state index in [1.54, 1.807) is 38.5 Å². The molecule has 0 spiro atoms. The number of methoxy groups -OCH3 is 2. The first-order chi connectivity index (χ1) is 15.8. The molecule has 33 heavy (non-hydrogen) atoms. The van der Waals surface area contributed by atoms with Gasteiger partial charge >= 0.3 is 0 Å². The number of carbonyl (C=O) groups excluding carboxylic acids is 1. The molecule has 0 saturated heterocycles. The Morgan fingerprint density at radius 3 is 2.18 bits per heavy atom. The molecule has 3 rings (SSSR count). The van der Waals surface area contributed by atoms with E-state index in [2.05, 4.69) is 5.32 Å². The first-order valence-corrected chi connectivity index (χ1v) is 11.9. The van der Waals surface area contributed by atoms with Crippen LogP contribution in [0.25, 0.3) is 0 Å². The van der Waals surface area contributed by atoms with Gasteiger partial charge in [-0.1, -0.05) is 17.7 Å². The molecule has 0 bridgehead atoms. The van der Waals surface area contributed by atoms with E-state index in [-0.39, 0.29) is 10.8 Å². The van der Waals surface area contributed by atoms with E-state index in [4.69, 9.17) is 21.1 Å². The quantitative estimate of drug-likeness (QED) is 0.489. The van der Waals surface area contributed by atoms with Crippen molar-refractivity contribution in [3.05, 3.63) is 82.9 Å². The van der Waals surface area contributed by atoms with Gasteiger partial charge in [-0.25, -0.2) is 8.42 Å². The fraction of sp³-hybridized carbons (Fsp3) is 0.208. The molecule has 0 aliphatic heterocycles. The zero-order valence-electron chi connectivity index (χ0n) is 18.5. The normalized spacial score (nSPS) is 11.0. The molecule has 9 heteroatoms. The SMILES string of the molecule is COc1ccc(CCNC(=O)c2ccc(N(C)S(=O)(=O)c3ccc(Cl)cc3)cc2)cc1OC. The maximum Gasteiger partial charge on any atom is 0.264 e. The average Bonchev–Trinajstić information content (AvgIpc) is 2.83. The van der Waals surface area contributed by atoms with E-state index < -0.39 is 10.0 Å². The lowest BCUT2D eigenvalue weighted by Gasteiger charge is -2.20. The van der Waals surface area contributed by atoms with Crippen LogP contribution in [-0.2, 0) is 16.4 Å². The summed E-state index contributed by atoms with van der Waals surface area (Å²) in [6, 6.07) is 17.9. The van der Waals surface area contributed by atoms with Gasteiger partial charge in [-0.2, -0.15) is 0 Å². The standard InChI is InChI=1S/C24H25ClN2O5S/c1-27(33(29,30)21-11-7-19(25)8-12-21)20-9-5-18(6-10-20)24(28)26-15-14-17-4-13-22(31-2)23(16-17)32-3/h4-13,16H,14-15H2,1-3H3,(H,26,28). The number of nitrogens with one attached hydrogen (secondary N) is 1. The van der Waals surface area contributed by atoms with Gasteiger partial charge in [0.15, 0.2) is 11.5 Å². The second-order valence-corrected chi connectivity index (χ2v) is 9.57. The van der Waals surface area contributed by atoms with Crippen LogP contribution in [-0.4, -0.2) is 42.1 Å². The molecule has 0 saturated carbocycles. The predicted octanol–water partition coefficient (Wildman–Crippen LogP) is 4.15. The Bertz CT molecular complexity index is 1210. The second kappa shape index (κ2) is 10.6. The van der Waals surface area contributed by atoms with Gasteiger partial charge in [0.1, 0.15) is 0 Å². The molecule has 3 aromatic carbocycles. The van der Waals surface area contributed by atoms with Crippen LogP contribution in [0.15, 0.2) is 71.6 Å². The van der Waals surface area contributed by atoms with Gasteiger partial charge in [0.25, 0.3) is 15.9 Å². The Hall–Kier alpha value is -3.23. The third kappa shape index (κ3) is 5.77. The first-order valence-electron chi connectivity index (χ1n) is 10.1. The number of nitrogens with zero attached hydrogens (tertiary/aromatic N) is 1. The number of sulfonamides is 1. The van der Waals surface area contributed by atoms with Crippen LogP contribution in [0, 0.1) is 0 Å². The van der Waals surface area contributed by atoms with Crippen molar-refractivity contribution in [2.45, 2.75) is 11.3 Å². The fourth-order valence-electron chi connectivity index (χ4n) is 3.18. The Balaban J connectivity index is 1.61. The smallest absolute Gasteiger partial charge is 0.264 e. The number of amides is 1. The molecule has 0 unspecified atom stereocenters. The number of benzene rings is 3. The third-order valence-corrected chi connectivity index (χ3v) is 7.16. The molecule has 174 valence electrons. The molecular formula is C24H25ClN2O5S. The predicted molar refractivity (Wildman–Crippen MR) is 129 cm³/mol. The maximum atomic E-state index is 12.8. The average molecular weight is 489 g/mol. The summed E-state index contributed by atoms with van der Waals surface area (Å²) < 4.78 is 37.3. The number of carbonyl (C=O) groups is 1. The van der Waals surface area contributed by atoms with E-state index >= 15 is 0 Å². The van der Waals surface area contributed by atoms with Gasteiger partial charge < -0.3 is 14.8 Å². The lowest BCUT2D eigenvalue weighted by Crippen LogP contribution is -2.27. The van der Waals surface area contributed by atoms with Crippen molar-refractivity contribution in [3.8, 4) is 11.5 Å². The van der Waals surface area contributed by atoms with Crippen LogP contribution in [0.1, 0.15) is 15.9 Å². The molecule has 0 atom stereocenters. The van der Waals surface area contributed by atoms with Gasteiger partial charge in [0.05, 0.1) is 24.8 Å². The minimum absolute atomic E-state index is 0.131. The molecule has 7 nitrogen and oxygen atoms in total. The fourth-order valence-corrected chi connectivity index (χ4v) is 4.51. The zero-order chi connectivity index (χ0) is 24.0. The molecule has 0 heterocycles. The Kier molecular flexibility index (Phi) is 7.84. The maximum absolute atomic E-state index is 12.8. The Morgan fingerprint density at radius 1 is 0.939 bits per heavy atom. The van der Waals surface area contributed by atoms with Crippen LogP contribution < -0.4 is 19.1 Å². The van der Waals surface area contributed by atoms with Gasteiger partial charge in [0, 0.05) is 24.2 Å². The lowest BCUT2D eigenvalue weighted by atomic mass is 10.1. The highest BCUT2D eigenvalue weighted by molar-refractivity contribution is 7.92. The number of ether oxygens (including phenoxy) is 2. The van der Waals surface area contributed by atoms with Gasteiger partial charge in [-0.05, 0) is 72.6 Å². The largest absolute Gasteiger partial charge is 0.493 e. The van der Waals surface area contributed by atoms with Crippen molar-refractivity contribution < 1.29 is 22.7 Å². The summed E-state index contributed by atoms with van der Waals surface area (Å²) in [6.07, 6.45) is 0.617. The van der Waals surface area contributed by atoms with Crippen molar-refractivity contribution in [3.63, 3.8) is 0 Å². The molecule has 1 N–H and O–H groups in total. The van der Waals surface area contributed by atoms with Crippen LogP contribution in [0.3, 0.4) is 0 Å². The van der Waals surface area contributed by atoms with Gasteiger partial charge in [-0.3, -0.25) is 9.10 Å². The monoisotopic (exact) mass is 488 g/mol. The highest BCUT2D eigenvalue weighted by Crippen LogP contribution is 2.27. The first kappa shape index (κ1) is 24.4. The second-order valence-electron chi connectivity index (χ2n) is 7.17. The summed E-state index contributed by atoms with van der Waals surface area (Å²) in [5, 5.41) is 3.32. The molecule has 0 aliphatic carbocycles. The number of halogens is 1. The van der Waals surface area contributed by atoms with Crippen LogP contribution >= 0.6 is 11.6 Å². The highest BCUT2D eigenvalue weighted by Gasteiger charge is 2.21.